The lowest BCUT2D eigenvalue weighted by Crippen LogP contribution is -2.51. The smallest absolute Gasteiger partial charge is 0.317 e. The quantitative estimate of drug-likeness (QED) is 0.795. The van der Waals surface area contributed by atoms with Crippen LogP contribution in [0.15, 0.2) is 11.6 Å². The summed E-state index contributed by atoms with van der Waals surface area (Å²) in [4.78, 5) is 29.0. The minimum absolute atomic E-state index is 0.0241. The number of nitrogens with zero attached hydrogens (tertiary/aromatic N) is 2. The molecular formula is C18H29N3O2. The maximum absolute atomic E-state index is 12.8. The largest absolute Gasteiger partial charge is 0.338 e. The van der Waals surface area contributed by atoms with Gasteiger partial charge >= 0.3 is 6.03 Å². The molecule has 0 aromatic heterocycles. The number of rotatable bonds is 2. The van der Waals surface area contributed by atoms with Gasteiger partial charge in [0.05, 0.1) is 5.92 Å². The van der Waals surface area contributed by atoms with Gasteiger partial charge in [0.2, 0.25) is 5.91 Å². The molecule has 128 valence electrons. The van der Waals surface area contributed by atoms with Crippen LogP contribution in [-0.4, -0.2) is 54.0 Å². The van der Waals surface area contributed by atoms with E-state index >= 15 is 0 Å². The van der Waals surface area contributed by atoms with Gasteiger partial charge in [-0.3, -0.25) is 4.79 Å². The van der Waals surface area contributed by atoms with E-state index in [1.54, 1.807) is 0 Å². The minimum Gasteiger partial charge on any atom is -0.338 e. The molecule has 0 unspecified atom stereocenters. The third-order valence-electron chi connectivity index (χ3n) is 5.38. The van der Waals surface area contributed by atoms with Gasteiger partial charge in [0.25, 0.3) is 0 Å². The van der Waals surface area contributed by atoms with Crippen LogP contribution < -0.4 is 5.32 Å². The first kappa shape index (κ1) is 16.3. The van der Waals surface area contributed by atoms with E-state index in [0.717, 1.165) is 51.7 Å². The first-order valence-corrected chi connectivity index (χ1v) is 9.13. The standard InChI is InChI=1S/C18H29N3O2/c1-14-6-4-10-20(12-14)17(22)15-7-5-11-21(13-15)18(23)19-16-8-2-3-9-16/h6,15-16H,2-5,7-13H2,1H3,(H,19,23)/t15-/m1/s1. The summed E-state index contributed by atoms with van der Waals surface area (Å²) in [5.74, 6) is 0.208. The summed E-state index contributed by atoms with van der Waals surface area (Å²) in [6.45, 7) is 5.02. The highest BCUT2D eigenvalue weighted by Gasteiger charge is 2.32. The molecule has 3 aliphatic rings. The molecule has 1 aliphatic carbocycles. The molecule has 2 aliphatic heterocycles. The Morgan fingerprint density at radius 1 is 1.09 bits per heavy atom. The van der Waals surface area contributed by atoms with Gasteiger partial charge in [0.15, 0.2) is 0 Å². The number of nitrogens with one attached hydrogen (secondary N) is 1. The normalized spacial score (nSPS) is 26.1. The van der Waals surface area contributed by atoms with E-state index in [2.05, 4.69) is 18.3 Å². The number of carbonyl (C=O) groups is 2. The number of piperidine rings is 1. The zero-order valence-electron chi connectivity index (χ0n) is 14.2. The molecule has 1 atom stereocenters. The minimum atomic E-state index is -0.0241. The highest BCUT2D eigenvalue weighted by molar-refractivity contribution is 5.81. The summed E-state index contributed by atoms with van der Waals surface area (Å²) in [5, 5.41) is 3.15. The molecule has 3 rings (SSSR count). The summed E-state index contributed by atoms with van der Waals surface area (Å²) in [6, 6.07) is 0.373. The Labute approximate surface area is 139 Å². The molecule has 1 saturated carbocycles. The Morgan fingerprint density at radius 2 is 1.87 bits per heavy atom. The van der Waals surface area contributed by atoms with Crippen LogP contribution in [0.1, 0.15) is 51.9 Å². The van der Waals surface area contributed by atoms with Gasteiger partial charge in [-0.25, -0.2) is 4.79 Å². The fourth-order valence-corrected chi connectivity index (χ4v) is 4.06. The maximum Gasteiger partial charge on any atom is 0.317 e. The number of amides is 3. The number of carbonyl (C=O) groups excluding carboxylic acids is 2. The van der Waals surface area contributed by atoms with Crippen molar-refractivity contribution in [2.24, 2.45) is 5.92 Å². The number of hydrogen-bond donors (Lipinski definition) is 1. The van der Waals surface area contributed by atoms with E-state index < -0.39 is 0 Å². The second-order valence-electron chi connectivity index (χ2n) is 7.31. The molecule has 2 heterocycles. The predicted molar refractivity (Wildman–Crippen MR) is 90.0 cm³/mol. The van der Waals surface area contributed by atoms with Gasteiger partial charge in [-0.2, -0.15) is 0 Å². The Balaban J connectivity index is 1.53. The molecule has 3 amide bonds. The van der Waals surface area contributed by atoms with Gasteiger partial charge in [0, 0.05) is 32.2 Å². The maximum atomic E-state index is 12.8. The molecule has 1 N–H and O–H groups in total. The van der Waals surface area contributed by atoms with Gasteiger partial charge in [0.1, 0.15) is 0 Å². The van der Waals surface area contributed by atoms with Crippen molar-refractivity contribution in [3.05, 3.63) is 11.6 Å². The van der Waals surface area contributed by atoms with Crippen molar-refractivity contribution in [1.82, 2.24) is 15.1 Å². The van der Waals surface area contributed by atoms with Gasteiger partial charge in [-0.05, 0) is 39.0 Å². The Kier molecular flexibility index (Phi) is 5.23. The van der Waals surface area contributed by atoms with E-state index in [4.69, 9.17) is 0 Å². The molecule has 5 nitrogen and oxygen atoms in total. The van der Waals surface area contributed by atoms with Crippen molar-refractivity contribution in [1.29, 1.82) is 0 Å². The average molecular weight is 319 g/mol. The number of urea groups is 1. The molecule has 0 spiro atoms. The SMILES string of the molecule is CC1=CCCN(C(=O)[C@@H]2CCCN(C(=O)NC3CCCC3)C2)C1. The second-order valence-corrected chi connectivity index (χ2v) is 7.31. The molecule has 2 fully saturated rings. The lowest BCUT2D eigenvalue weighted by atomic mass is 9.95. The van der Waals surface area contributed by atoms with Crippen molar-refractivity contribution in [3.63, 3.8) is 0 Å². The fourth-order valence-electron chi connectivity index (χ4n) is 4.06. The zero-order chi connectivity index (χ0) is 16.2. The number of hydrogen-bond acceptors (Lipinski definition) is 2. The third-order valence-corrected chi connectivity index (χ3v) is 5.38. The first-order valence-electron chi connectivity index (χ1n) is 9.13. The van der Waals surface area contributed by atoms with E-state index in [9.17, 15) is 9.59 Å². The van der Waals surface area contributed by atoms with Crippen molar-refractivity contribution in [2.75, 3.05) is 26.2 Å². The Morgan fingerprint density at radius 3 is 2.61 bits per heavy atom. The fraction of sp³-hybridized carbons (Fsp3) is 0.778. The summed E-state index contributed by atoms with van der Waals surface area (Å²) in [7, 11) is 0. The van der Waals surface area contributed by atoms with E-state index in [1.807, 2.05) is 9.80 Å². The Hall–Kier alpha value is -1.52. The highest BCUT2D eigenvalue weighted by Crippen LogP contribution is 2.22. The van der Waals surface area contributed by atoms with Crippen LogP contribution in [0.2, 0.25) is 0 Å². The topological polar surface area (TPSA) is 52.7 Å². The highest BCUT2D eigenvalue weighted by atomic mass is 16.2. The summed E-state index contributed by atoms with van der Waals surface area (Å²) in [6.07, 6.45) is 9.63. The molecule has 5 heteroatoms. The average Bonchev–Trinajstić information content (AvgIpc) is 3.07. The number of likely N-dealkylation sites (tertiary alicyclic amines) is 1. The molecular weight excluding hydrogens is 290 g/mol. The van der Waals surface area contributed by atoms with Gasteiger partial charge in [-0.1, -0.05) is 24.5 Å². The van der Waals surface area contributed by atoms with Crippen LogP contribution in [0.25, 0.3) is 0 Å². The Bertz CT molecular complexity index is 483. The molecule has 23 heavy (non-hydrogen) atoms. The molecule has 1 saturated heterocycles. The zero-order valence-corrected chi connectivity index (χ0v) is 14.2. The lowest BCUT2D eigenvalue weighted by molar-refractivity contribution is -0.136. The van der Waals surface area contributed by atoms with E-state index in [-0.39, 0.29) is 17.9 Å². The van der Waals surface area contributed by atoms with Crippen LogP contribution >= 0.6 is 0 Å². The molecule has 0 aromatic rings. The van der Waals surface area contributed by atoms with Crippen LogP contribution in [0.3, 0.4) is 0 Å². The van der Waals surface area contributed by atoms with E-state index in [1.165, 1.54) is 18.4 Å². The van der Waals surface area contributed by atoms with Gasteiger partial charge < -0.3 is 15.1 Å². The first-order chi connectivity index (χ1) is 11.1. The summed E-state index contributed by atoms with van der Waals surface area (Å²) >= 11 is 0. The van der Waals surface area contributed by atoms with Crippen LogP contribution in [-0.2, 0) is 4.79 Å². The third kappa shape index (κ3) is 4.06. The predicted octanol–water partition coefficient (Wildman–Crippen LogP) is 2.53. The monoisotopic (exact) mass is 319 g/mol. The van der Waals surface area contributed by atoms with Crippen LogP contribution in [0.4, 0.5) is 4.79 Å². The lowest BCUT2D eigenvalue weighted by Gasteiger charge is -2.36. The van der Waals surface area contributed by atoms with Crippen LogP contribution in [0, 0.1) is 5.92 Å². The molecule has 0 bridgehead atoms. The van der Waals surface area contributed by atoms with Crippen molar-refractivity contribution in [2.45, 2.75) is 57.9 Å². The molecule has 0 radical (unpaired) electrons. The second kappa shape index (κ2) is 7.37. The van der Waals surface area contributed by atoms with Crippen molar-refractivity contribution in [3.8, 4) is 0 Å². The van der Waals surface area contributed by atoms with Crippen LogP contribution in [0.5, 0.6) is 0 Å². The summed E-state index contributed by atoms with van der Waals surface area (Å²) in [5.41, 5.74) is 1.27. The molecule has 0 aromatic carbocycles. The van der Waals surface area contributed by atoms with E-state index in [0.29, 0.717) is 12.6 Å². The summed E-state index contributed by atoms with van der Waals surface area (Å²) < 4.78 is 0. The van der Waals surface area contributed by atoms with Crippen molar-refractivity contribution >= 4 is 11.9 Å². The van der Waals surface area contributed by atoms with Crippen molar-refractivity contribution < 1.29 is 9.59 Å². The van der Waals surface area contributed by atoms with Gasteiger partial charge in [-0.15, -0.1) is 0 Å².